The number of amides is 1. The number of aryl methyl sites for hydroxylation is 2. The minimum atomic E-state index is -0.827. The molecular formula is C28H37N5O3. The summed E-state index contributed by atoms with van der Waals surface area (Å²) >= 11 is 0. The maximum absolute atomic E-state index is 13.4. The van der Waals surface area contributed by atoms with Crippen molar-refractivity contribution in [2.24, 2.45) is 5.92 Å². The van der Waals surface area contributed by atoms with Crippen molar-refractivity contribution in [1.82, 2.24) is 24.8 Å². The van der Waals surface area contributed by atoms with Gasteiger partial charge in [-0.15, -0.1) is 0 Å². The molecule has 0 radical (unpaired) electrons. The van der Waals surface area contributed by atoms with Crippen molar-refractivity contribution in [2.45, 2.75) is 64.9 Å². The van der Waals surface area contributed by atoms with Gasteiger partial charge in [0.1, 0.15) is 6.23 Å². The van der Waals surface area contributed by atoms with Crippen molar-refractivity contribution in [3.05, 3.63) is 72.1 Å². The van der Waals surface area contributed by atoms with Gasteiger partial charge in [-0.25, -0.2) is 4.98 Å². The summed E-state index contributed by atoms with van der Waals surface area (Å²) in [4.78, 5) is 23.8. The number of nitrogens with zero attached hydrogens (tertiary/aromatic N) is 4. The molecule has 3 aromatic rings. The molecule has 0 spiro atoms. The van der Waals surface area contributed by atoms with Gasteiger partial charge in [-0.05, 0) is 55.4 Å². The van der Waals surface area contributed by atoms with Gasteiger partial charge in [0.25, 0.3) is 0 Å². The second-order valence-corrected chi connectivity index (χ2v) is 10.1. The monoisotopic (exact) mass is 491 g/mol. The van der Waals surface area contributed by atoms with E-state index in [1.807, 2.05) is 66.0 Å². The molecule has 1 saturated heterocycles. The second kappa shape index (κ2) is 11.3. The SMILES string of the molecule is Cc1cn([C@@H](C(C)C)C(O)N2CCC[C@H]2C(=O)N[C@@H](CO)c2ccc(-c3cnccc3C)cc2)cn1. The molecule has 1 unspecified atom stereocenters. The highest BCUT2D eigenvalue weighted by Gasteiger charge is 2.40. The Kier molecular flexibility index (Phi) is 8.18. The van der Waals surface area contributed by atoms with E-state index in [2.05, 4.69) is 29.1 Å². The Morgan fingerprint density at radius 3 is 2.56 bits per heavy atom. The number of hydrogen-bond acceptors (Lipinski definition) is 6. The van der Waals surface area contributed by atoms with E-state index in [0.717, 1.165) is 34.4 Å². The third kappa shape index (κ3) is 5.51. The Balaban J connectivity index is 1.47. The number of benzene rings is 1. The number of carbonyl (C=O) groups excluding carboxylic acids is 1. The summed E-state index contributed by atoms with van der Waals surface area (Å²) in [6.07, 6.45) is 7.94. The zero-order valence-corrected chi connectivity index (χ0v) is 21.5. The highest BCUT2D eigenvalue weighted by atomic mass is 16.3. The lowest BCUT2D eigenvalue weighted by Crippen LogP contribution is -2.52. The van der Waals surface area contributed by atoms with Crippen molar-refractivity contribution in [1.29, 1.82) is 0 Å². The van der Waals surface area contributed by atoms with Crippen LogP contribution in [0.3, 0.4) is 0 Å². The van der Waals surface area contributed by atoms with Crippen molar-refractivity contribution >= 4 is 5.91 Å². The molecule has 3 N–H and O–H groups in total. The van der Waals surface area contributed by atoms with Crippen LogP contribution in [0.4, 0.5) is 0 Å². The van der Waals surface area contributed by atoms with E-state index < -0.39 is 18.3 Å². The summed E-state index contributed by atoms with van der Waals surface area (Å²) in [5.74, 6) is -0.0350. The zero-order valence-electron chi connectivity index (χ0n) is 21.5. The van der Waals surface area contributed by atoms with Crippen LogP contribution in [0.15, 0.2) is 55.2 Å². The second-order valence-electron chi connectivity index (χ2n) is 10.1. The number of aliphatic hydroxyl groups is 2. The molecule has 0 saturated carbocycles. The number of carbonyl (C=O) groups is 1. The highest BCUT2D eigenvalue weighted by molar-refractivity contribution is 5.82. The number of nitrogens with one attached hydrogen (secondary N) is 1. The summed E-state index contributed by atoms with van der Waals surface area (Å²) in [7, 11) is 0. The van der Waals surface area contributed by atoms with E-state index in [4.69, 9.17) is 0 Å². The quantitative estimate of drug-likeness (QED) is 0.424. The molecular weight excluding hydrogens is 454 g/mol. The Labute approximate surface area is 213 Å². The van der Waals surface area contributed by atoms with E-state index in [0.29, 0.717) is 13.0 Å². The van der Waals surface area contributed by atoms with Gasteiger partial charge in [-0.3, -0.25) is 14.7 Å². The maximum atomic E-state index is 13.4. The van der Waals surface area contributed by atoms with Crippen molar-refractivity contribution in [3.8, 4) is 11.1 Å². The van der Waals surface area contributed by atoms with Crippen LogP contribution in [-0.4, -0.2) is 61.0 Å². The van der Waals surface area contributed by atoms with E-state index in [1.165, 1.54) is 0 Å². The molecule has 4 atom stereocenters. The van der Waals surface area contributed by atoms with Crippen molar-refractivity contribution in [3.63, 3.8) is 0 Å². The van der Waals surface area contributed by atoms with E-state index >= 15 is 0 Å². The van der Waals surface area contributed by atoms with E-state index in [-0.39, 0.29) is 24.5 Å². The molecule has 8 heteroatoms. The molecule has 1 amide bonds. The van der Waals surface area contributed by atoms with Crippen LogP contribution >= 0.6 is 0 Å². The minimum Gasteiger partial charge on any atom is -0.394 e. The fraction of sp³-hybridized carbons (Fsp3) is 0.464. The normalized spacial score (nSPS) is 18.8. The molecule has 1 aromatic carbocycles. The number of aliphatic hydroxyl groups excluding tert-OH is 2. The predicted octanol–water partition coefficient (Wildman–Crippen LogP) is 3.39. The van der Waals surface area contributed by atoms with Crippen LogP contribution < -0.4 is 5.32 Å². The van der Waals surface area contributed by atoms with Crippen molar-refractivity contribution < 1.29 is 15.0 Å². The first kappa shape index (κ1) is 26.0. The molecule has 1 fully saturated rings. The predicted molar refractivity (Wildman–Crippen MR) is 139 cm³/mol. The van der Waals surface area contributed by atoms with E-state index in [9.17, 15) is 15.0 Å². The Hall–Kier alpha value is -3.07. The molecule has 0 bridgehead atoms. The van der Waals surface area contributed by atoms with Crippen LogP contribution in [0, 0.1) is 19.8 Å². The standard InChI is InChI=1S/C28H37N5O3/c1-18(2)26(32-15-20(4)30-17-32)28(36)33-13-5-6-25(33)27(35)31-24(16-34)22-9-7-21(8-10-22)23-14-29-12-11-19(23)3/h7-12,14-15,17-18,24-26,28,34,36H,5-6,13,16H2,1-4H3,(H,31,35)/t24-,25-,26-,28?/m0/s1. The lowest BCUT2D eigenvalue weighted by molar-refractivity contribution is -0.133. The van der Waals surface area contributed by atoms with Crippen molar-refractivity contribution in [2.75, 3.05) is 13.2 Å². The van der Waals surface area contributed by atoms with Crippen LogP contribution in [0.2, 0.25) is 0 Å². The number of imidazole rings is 1. The molecule has 3 heterocycles. The lowest BCUT2D eigenvalue weighted by Gasteiger charge is -2.36. The third-order valence-electron chi connectivity index (χ3n) is 7.16. The first-order chi connectivity index (χ1) is 17.3. The molecule has 4 rings (SSSR count). The third-order valence-corrected chi connectivity index (χ3v) is 7.16. The van der Waals surface area contributed by atoms with Gasteiger partial charge in [0.2, 0.25) is 5.91 Å². The Bertz CT molecular complexity index is 1160. The molecule has 1 aliphatic heterocycles. The molecule has 2 aromatic heterocycles. The lowest BCUT2D eigenvalue weighted by atomic mass is 9.99. The van der Waals surface area contributed by atoms with Crippen LogP contribution in [0.25, 0.3) is 11.1 Å². The molecule has 8 nitrogen and oxygen atoms in total. The van der Waals surface area contributed by atoms with Gasteiger partial charge in [0, 0.05) is 30.7 Å². The summed E-state index contributed by atoms with van der Waals surface area (Å²) in [5, 5.41) is 24.5. The number of rotatable bonds is 9. The highest BCUT2D eigenvalue weighted by Crippen LogP contribution is 2.30. The van der Waals surface area contributed by atoms with Crippen LogP contribution in [0.5, 0.6) is 0 Å². The topological polar surface area (TPSA) is 104 Å². The summed E-state index contributed by atoms with van der Waals surface area (Å²) in [6.45, 7) is 8.51. The number of pyridine rings is 1. The molecule has 192 valence electrons. The number of likely N-dealkylation sites (tertiary alicyclic amines) is 1. The van der Waals surface area contributed by atoms with Gasteiger partial charge in [-0.1, -0.05) is 38.1 Å². The van der Waals surface area contributed by atoms with E-state index in [1.54, 1.807) is 12.5 Å². The largest absolute Gasteiger partial charge is 0.394 e. The first-order valence-electron chi connectivity index (χ1n) is 12.7. The fourth-order valence-electron chi connectivity index (χ4n) is 5.19. The minimum absolute atomic E-state index is 0.144. The van der Waals surface area contributed by atoms with Gasteiger partial charge in [0.05, 0.1) is 36.8 Å². The van der Waals surface area contributed by atoms with Gasteiger partial charge in [-0.2, -0.15) is 0 Å². The van der Waals surface area contributed by atoms with Gasteiger partial charge in [0.15, 0.2) is 0 Å². The van der Waals surface area contributed by atoms with Crippen LogP contribution in [0.1, 0.15) is 55.6 Å². The fourth-order valence-corrected chi connectivity index (χ4v) is 5.19. The zero-order chi connectivity index (χ0) is 25.8. The first-order valence-corrected chi connectivity index (χ1v) is 12.7. The molecule has 36 heavy (non-hydrogen) atoms. The average Bonchev–Trinajstić information content (AvgIpc) is 3.52. The summed E-state index contributed by atoms with van der Waals surface area (Å²) in [6, 6.07) is 8.59. The maximum Gasteiger partial charge on any atom is 0.238 e. The smallest absolute Gasteiger partial charge is 0.238 e. The average molecular weight is 492 g/mol. The summed E-state index contributed by atoms with van der Waals surface area (Å²) < 4.78 is 1.94. The Morgan fingerprint density at radius 1 is 1.19 bits per heavy atom. The molecule has 1 aliphatic rings. The van der Waals surface area contributed by atoms with Crippen LogP contribution in [-0.2, 0) is 4.79 Å². The van der Waals surface area contributed by atoms with Gasteiger partial charge < -0.3 is 20.1 Å². The summed E-state index contributed by atoms with van der Waals surface area (Å²) in [5.41, 5.74) is 4.94. The molecule has 0 aliphatic carbocycles. The number of aromatic nitrogens is 3. The number of hydrogen-bond donors (Lipinski definition) is 3. The van der Waals surface area contributed by atoms with Gasteiger partial charge >= 0.3 is 0 Å². The Morgan fingerprint density at radius 2 is 1.94 bits per heavy atom.